The number of hydrogen-bond donors (Lipinski definition) is 0. The maximum atomic E-state index is 5.41. The molecule has 0 saturated carbocycles. The van der Waals surface area contributed by atoms with Crippen molar-refractivity contribution < 1.29 is 4.74 Å². The van der Waals surface area contributed by atoms with Crippen molar-refractivity contribution in [3.05, 3.63) is 53.7 Å². The molecule has 0 spiro atoms. The van der Waals surface area contributed by atoms with Gasteiger partial charge in [-0.05, 0) is 26.0 Å². The zero-order chi connectivity index (χ0) is 20.7. The van der Waals surface area contributed by atoms with Gasteiger partial charge in [-0.1, -0.05) is 0 Å². The summed E-state index contributed by atoms with van der Waals surface area (Å²) in [6.07, 6.45) is 6.51. The van der Waals surface area contributed by atoms with Gasteiger partial charge in [0.1, 0.15) is 5.82 Å². The predicted octanol–water partition coefficient (Wildman–Crippen LogP) is 2.60. The lowest BCUT2D eigenvalue weighted by molar-refractivity contribution is 0.0783. The second-order valence-corrected chi connectivity index (χ2v) is 7.88. The largest absolute Gasteiger partial charge is 0.378 e. The molecule has 0 aliphatic carbocycles. The molecular weight excluding hydrogens is 378 g/mol. The molecule has 5 heterocycles. The van der Waals surface area contributed by atoms with Crippen LogP contribution in [0.15, 0.2) is 36.8 Å². The van der Waals surface area contributed by atoms with Crippen molar-refractivity contribution in [2.45, 2.75) is 32.4 Å². The van der Waals surface area contributed by atoms with Crippen molar-refractivity contribution in [1.82, 2.24) is 24.9 Å². The number of ether oxygens (including phenoxy) is 1. The van der Waals surface area contributed by atoms with E-state index in [0.29, 0.717) is 17.8 Å². The lowest BCUT2D eigenvalue weighted by atomic mass is 9.98. The van der Waals surface area contributed by atoms with Gasteiger partial charge in [0.15, 0.2) is 11.6 Å². The molecule has 0 amide bonds. The van der Waals surface area contributed by atoms with Crippen LogP contribution in [0, 0.1) is 6.92 Å². The SMILES string of the molecule is COC1CN(c2cc(N3CCc4nc(-c5ncccn5)ncc4C3C)cc(C)n2)C1. The molecule has 1 fully saturated rings. The van der Waals surface area contributed by atoms with E-state index in [-0.39, 0.29) is 6.04 Å². The zero-order valence-corrected chi connectivity index (χ0v) is 17.5. The standard InChI is InChI=1S/C22H25N7O/c1-14-9-16(10-20(26-14)28-12-17(13-28)30-3)29-8-5-19-18(15(29)2)11-25-22(27-19)21-23-6-4-7-24-21/h4,6-7,9-11,15,17H,5,8,12-13H2,1-3H3. The highest BCUT2D eigenvalue weighted by Gasteiger charge is 2.30. The fourth-order valence-electron chi connectivity index (χ4n) is 4.17. The van der Waals surface area contributed by atoms with Crippen molar-refractivity contribution in [2.75, 3.05) is 36.5 Å². The predicted molar refractivity (Wildman–Crippen MR) is 115 cm³/mol. The first-order chi connectivity index (χ1) is 14.6. The molecule has 0 aromatic carbocycles. The third-order valence-corrected chi connectivity index (χ3v) is 5.93. The highest BCUT2D eigenvalue weighted by atomic mass is 16.5. The molecule has 2 aliphatic heterocycles. The van der Waals surface area contributed by atoms with Gasteiger partial charge in [-0.15, -0.1) is 0 Å². The summed E-state index contributed by atoms with van der Waals surface area (Å²) in [5, 5.41) is 0. The van der Waals surface area contributed by atoms with Crippen LogP contribution in [0.4, 0.5) is 11.5 Å². The molecule has 5 rings (SSSR count). The van der Waals surface area contributed by atoms with Crippen LogP contribution < -0.4 is 9.80 Å². The Bertz CT molecular complexity index is 1050. The first-order valence-electron chi connectivity index (χ1n) is 10.3. The minimum atomic E-state index is 0.178. The number of aromatic nitrogens is 5. The Hall–Kier alpha value is -3.13. The maximum Gasteiger partial charge on any atom is 0.197 e. The van der Waals surface area contributed by atoms with Crippen LogP contribution in [-0.2, 0) is 11.2 Å². The Morgan fingerprint density at radius 3 is 2.60 bits per heavy atom. The van der Waals surface area contributed by atoms with E-state index in [0.717, 1.165) is 48.8 Å². The smallest absolute Gasteiger partial charge is 0.197 e. The van der Waals surface area contributed by atoms with Crippen LogP contribution in [0.5, 0.6) is 0 Å². The number of fused-ring (bicyclic) bond motifs is 1. The minimum absolute atomic E-state index is 0.178. The Morgan fingerprint density at radius 2 is 1.83 bits per heavy atom. The Balaban J connectivity index is 1.41. The molecule has 0 radical (unpaired) electrons. The van der Waals surface area contributed by atoms with Gasteiger partial charge in [0.25, 0.3) is 0 Å². The third kappa shape index (κ3) is 3.37. The second-order valence-electron chi connectivity index (χ2n) is 7.88. The molecule has 0 N–H and O–H groups in total. The van der Waals surface area contributed by atoms with E-state index in [1.165, 1.54) is 5.69 Å². The number of methoxy groups -OCH3 is 1. The molecule has 1 atom stereocenters. The number of hydrogen-bond acceptors (Lipinski definition) is 8. The number of pyridine rings is 1. The van der Waals surface area contributed by atoms with Gasteiger partial charge < -0.3 is 14.5 Å². The van der Waals surface area contributed by atoms with Crippen molar-refractivity contribution in [2.24, 2.45) is 0 Å². The maximum absolute atomic E-state index is 5.41. The molecule has 3 aromatic heterocycles. The van der Waals surface area contributed by atoms with Crippen LogP contribution in [0.3, 0.4) is 0 Å². The van der Waals surface area contributed by atoms with Crippen LogP contribution in [0.1, 0.15) is 29.9 Å². The van der Waals surface area contributed by atoms with Crippen molar-refractivity contribution in [1.29, 1.82) is 0 Å². The van der Waals surface area contributed by atoms with Crippen LogP contribution in [0.2, 0.25) is 0 Å². The Labute approximate surface area is 176 Å². The van der Waals surface area contributed by atoms with E-state index in [2.05, 4.69) is 50.7 Å². The van der Waals surface area contributed by atoms with Gasteiger partial charge in [-0.3, -0.25) is 0 Å². The lowest BCUT2D eigenvalue weighted by Gasteiger charge is -2.40. The lowest BCUT2D eigenvalue weighted by Crippen LogP contribution is -2.52. The number of aryl methyl sites for hydroxylation is 1. The minimum Gasteiger partial charge on any atom is -0.378 e. The normalized spacial score (nSPS) is 18.8. The van der Waals surface area contributed by atoms with E-state index in [1.807, 2.05) is 6.20 Å². The van der Waals surface area contributed by atoms with Crippen LogP contribution >= 0.6 is 0 Å². The quantitative estimate of drug-likeness (QED) is 0.658. The van der Waals surface area contributed by atoms with E-state index in [9.17, 15) is 0 Å². The van der Waals surface area contributed by atoms with E-state index >= 15 is 0 Å². The van der Waals surface area contributed by atoms with Gasteiger partial charge in [0.2, 0.25) is 0 Å². The summed E-state index contributed by atoms with van der Waals surface area (Å²) in [5.74, 6) is 2.17. The summed E-state index contributed by atoms with van der Waals surface area (Å²) < 4.78 is 5.41. The van der Waals surface area contributed by atoms with Crippen molar-refractivity contribution in [3.63, 3.8) is 0 Å². The van der Waals surface area contributed by atoms with Crippen LogP contribution in [-0.4, -0.2) is 57.8 Å². The molecule has 1 saturated heterocycles. The van der Waals surface area contributed by atoms with Gasteiger partial charge in [-0.2, -0.15) is 0 Å². The Morgan fingerprint density at radius 1 is 1.03 bits per heavy atom. The van der Waals surface area contributed by atoms with E-state index < -0.39 is 0 Å². The third-order valence-electron chi connectivity index (χ3n) is 5.93. The summed E-state index contributed by atoms with van der Waals surface area (Å²) in [6.45, 7) is 6.94. The molecule has 2 aliphatic rings. The molecule has 154 valence electrons. The van der Waals surface area contributed by atoms with E-state index in [4.69, 9.17) is 14.7 Å². The Kier molecular flexibility index (Phi) is 4.78. The molecule has 3 aromatic rings. The average Bonchev–Trinajstić information content (AvgIpc) is 2.73. The summed E-state index contributed by atoms with van der Waals surface area (Å²) in [7, 11) is 1.77. The summed E-state index contributed by atoms with van der Waals surface area (Å²) in [5.41, 5.74) is 4.44. The molecule has 1 unspecified atom stereocenters. The topological polar surface area (TPSA) is 80.2 Å². The molecule has 8 heteroatoms. The fourth-order valence-corrected chi connectivity index (χ4v) is 4.17. The average molecular weight is 403 g/mol. The fraction of sp³-hybridized carbons (Fsp3) is 0.409. The zero-order valence-electron chi connectivity index (χ0n) is 17.5. The number of anilines is 2. The van der Waals surface area contributed by atoms with E-state index in [1.54, 1.807) is 25.6 Å². The van der Waals surface area contributed by atoms with Gasteiger partial charge in [0, 0.05) is 74.8 Å². The second kappa shape index (κ2) is 7.60. The first kappa shape index (κ1) is 18.9. The molecule has 30 heavy (non-hydrogen) atoms. The molecule has 8 nitrogen and oxygen atoms in total. The highest BCUT2D eigenvalue weighted by Crippen LogP contribution is 2.35. The first-order valence-corrected chi connectivity index (χ1v) is 10.3. The van der Waals surface area contributed by atoms with Gasteiger partial charge in [0.05, 0.1) is 17.8 Å². The van der Waals surface area contributed by atoms with Crippen LogP contribution in [0.25, 0.3) is 11.6 Å². The number of rotatable bonds is 4. The number of nitrogens with zero attached hydrogens (tertiary/aromatic N) is 7. The molecular formula is C22H25N7O. The summed E-state index contributed by atoms with van der Waals surface area (Å²) >= 11 is 0. The van der Waals surface area contributed by atoms with Crippen molar-refractivity contribution >= 4 is 11.5 Å². The highest BCUT2D eigenvalue weighted by molar-refractivity contribution is 5.60. The monoisotopic (exact) mass is 403 g/mol. The summed E-state index contributed by atoms with van der Waals surface area (Å²) in [6, 6.07) is 6.32. The van der Waals surface area contributed by atoms with Crippen molar-refractivity contribution in [3.8, 4) is 11.6 Å². The molecule has 0 bridgehead atoms. The van der Waals surface area contributed by atoms with Gasteiger partial charge >= 0.3 is 0 Å². The van der Waals surface area contributed by atoms with Gasteiger partial charge in [-0.25, -0.2) is 24.9 Å². The summed E-state index contributed by atoms with van der Waals surface area (Å²) in [4.78, 5) is 27.3.